The van der Waals surface area contributed by atoms with Gasteiger partial charge in [-0.2, -0.15) is 0 Å². The topological polar surface area (TPSA) is 65.5 Å². The first kappa shape index (κ1) is 19.1. The predicted octanol–water partition coefficient (Wildman–Crippen LogP) is 4.82. The number of benzene rings is 2. The number of esters is 1. The molecule has 0 atom stereocenters. The normalized spacial score (nSPS) is 10.5. The number of thiazole rings is 1. The van der Waals surface area contributed by atoms with Gasteiger partial charge in [0.15, 0.2) is 17.3 Å². The number of ether oxygens (including phenoxy) is 2. The zero-order valence-corrected chi connectivity index (χ0v) is 16.3. The molecule has 27 heavy (non-hydrogen) atoms. The third-order valence-electron chi connectivity index (χ3n) is 3.78. The highest BCUT2D eigenvalue weighted by Gasteiger charge is 2.15. The van der Waals surface area contributed by atoms with Crippen LogP contribution in [0.5, 0.6) is 11.5 Å². The summed E-state index contributed by atoms with van der Waals surface area (Å²) in [5.41, 5.74) is 1.90. The van der Waals surface area contributed by atoms with Gasteiger partial charge in [0.05, 0.1) is 24.2 Å². The number of halogens is 1. The number of Topliss-reactive ketones (excluding diaryl/α,β-unsaturated/α-hetero) is 1. The van der Waals surface area contributed by atoms with Gasteiger partial charge in [0, 0.05) is 16.5 Å². The van der Waals surface area contributed by atoms with Crippen molar-refractivity contribution in [3.63, 3.8) is 0 Å². The van der Waals surface area contributed by atoms with Crippen LogP contribution in [-0.2, 0) is 11.2 Å². The fourth-order valence-electron chi connectivity index (χ4n) is 2.42. The molecule has 0 fully saturated rings. The zero-order chi connectivity index (χ0) is 19.4. The van der Waals surface area contributed by atoms with Gasteiger partial charge in [-0.3, -0.25) is 9.59 Å². The maximum atomic E-state index is 12.3. The maximum absolute atomic E-state index is 12.3. The predicted molar refractivity (Wildman–Crippen MR) is 105 cm³/mol. The molecule has 0 aliphatic heterocycles. The average molecular weight is 402 g/mol. The Labute approximate surface area is 165 Å². The van der Waals surface area contributed by atoms with Crippen LogP contribution in [0.4, 0.5) is 0 Å². The lowest BCUT2D eigenvalue weighted by molar-refractivity contribution is -0.133. The Kier molecular flexibility index (Phi) is 5.88. The van der Waals surface area contributed by atoms with E-state index in [1.165, 1.54) is 25.4 Å². The molecule has 0 aliphatic rings. The summed E-state index contributed by atoms with van der Waals surface area (Å²) in [5.74, 6) is 0.0146. The lowest BCUT2D eigenvalue weighted by Crippen LogP contribution is -2.12. The van der Waals surface area contributed by atoms with Crippen LogP contribution in [0.15, 0.2) is 47.8 Å². The maximum Gasteiger partial charge on any atom is 0.317 e. The standard InChI is InChI=1S/C20H16ClNO4S/c1-12(23)13-7-8-17(18(9-13)25-2)26-19(24)10-14-11-27-20(22-14)15-5-3-4-6-16(15)21/h3-9,11H,10H2,1-2H3. The fraction of sp³-hybridized carbons (Fsp3) is 0.150. The van der Waals surface area contributed by atoms with E-state index in [1.54, 1.807) is 29.6 Å². The third-order valence-corrected chi connectivity index (χ3v) is 5.03. The van der Waals surface area contributed by atoms with Gasteiger partial charge < -0.3 is 9.47 Å². The molecule has 0 saturated heterocycles. The van der Waals surface area contributed by atoms with E-state index in [4.69, 9.17) is 21.1 Å². The lowest BCUT2D eigenvalue weighted by atomic mass is 10.1. The lowest BCUT2D eigenvalue weighted by Gasteiger charge is -2.09. The minimum atomic E-state index is -0.472. The van der Waals surface area contributed by atoms with E-state index in [2.05, 4.69) is 4.98 Å². The van der Waals surface area contributed by atoms with E-state index in [0.29, 0.717) is 22.0 Å². The summed E-state index contributed by atoms with van der Waals surface area (Å²) < 4.78 is 10.6. The summed E-state index contributed by atoms with van der Waals surface area (Å²) in [7, 11) is 1.45. The van der Waals surface area contributed by atoms with Gasteiger partial charge in [-0.1, -0.05) is 29.8 Å². The highest BCUT2D eigenvalue weighted by molar-refractivity contribution is 7.13. The van der Waals surface area contributed by atoms with Crippen molar-refractivity contribution < 1.29 is 19.1 Å². The molecule has 3 rings (SSSR count). The average Bonchev–Trinajstić information content (AvgIpc) is 3.10. The van der Waals surface area contributed by atoms with Crippen LogP contribution in [0.3, 0.4) is 0 Å². The number of nitrogens with zero attached hydrogens (tertiary/aromatic N) is 1. The molecule has 0 saturated carbocycles. The first-order valence-electron chi connectivity index (χ1n) is 8.07. The van der Waals surface area contributed by atoms with Gasteiger partial charge in [-0.05, 0) is 31.2 Å². The van der Waals surface area contributed by atoms with E-state index < -0.39 is 5.97 Å². The van der Waals surface area contributed by atoms with Crippen LogP contribution >= 0.6 is 22.9 Å². The minimum absolute atomic E-state index is 0.0125. The molecule has 0 radical (unpaired) electrons. The van der Waals surface area contributed by atoms with E-state index in [9.17, 15) is 9.59 Å². The van der Waals surface area contributed by atoms with Crippen molar-refractivity contribution in [1.82, 2.24) is 4.98 Å². The Morgan fingerprint density at radius 3 is 2.63 bits per heavy atom. The number of carbonyl (C=O) groups excluding carboxylic acids is 2. The molecule has 0 unspecified atom stereocenters. The van der Waals surface area contributed by atoms with Crippen molar-refractivity contribution >= 4 is 34.7 Å². The number of carbonyl (C=O) groups is 2. The Morgan fingerprint density at radius 1 is 1.15 bits per heavy atom. The Hall–Kier alpha value is -2.70. The second-order valence-corrected chi connectivity index (χ2v) is 6.96. The summed E-state index contributed by atoms with van der Waals surface area (Å²) in [6, 6.07) is 12.1. The third kappa shape index (κ3) is 4.53. The van der Waals surface area contributed by atoms with Gasteiger partial charge >= 0.3 is 5.97 Å². The van der Waals surface area contributed by atoms with Gasteiger partial charge in [0.2, 0.25) is 0 Å². The molecule has 0 N–H and O–H groups in total. The first-order chi connectivity index (χ1) is 13.0. The largest absolute Gasteiger partial charge is 0.493 e. The van der Waals surface area contributed by atoms with Gasteiger partial charge in [-0.25, -0.2) is 4.98 Å². The van der Waals surface area contributed by atoms with Gasteiger partial charge in [0.1, 0.15) is 5.01 Å². The van der Waals surface area contributed by atoms with Crippen LogP contribution in [0.25, 0.3) is 10.6 Å². The second kappa shape index (κ2) is 8.33. The molecule has 5 nitrogen and oxygen atoms in total. The SMILES string of the molecule is COc1cc(C(C)=O)ccc1OC(=O)Cc1csc(-c2ccccc2Cl)n1. The van der Waals surface area contributed by atoms with Crippen molar-refractivity contribution in [1.29, 1.82) is 0 Å². The molecule has 3 aromatic rings. The molecule has 0 amide bonds. The number of hydrogen-bond donors (Lipinski definition) is 0. The van der Waals surface area contributed by atoms with E-state index in [1.807, 2.05) is 18.2 Å². The summed E-state index contributed by atoms with van der Waals surface area (Å²) in [6.07, 6.45) is 0.0125. The van der Waals surface area contributed by atoms with Crippen LogP contribution in [0.2, 0.25) is 5.02 Å². The van der Waals surface area contributed by atoms with E-state index in [-0.39, 0.29) is 18.0 Å². The van der Waals surface area contributed by atoms with Crippen molar-refractivity contribution in [3.8, 4) is 22.1 Å². The smallest absolute Gasteiger partial charge is 0.317 e. The van der Waals surface area contributed by atoms with E-state index >= 15 is 0 Å². The van der Waals surface area contributed by atoms with Crippen molar-refractivity contribution in [2.75, 3.05) is 7.11 Å². The Balaban J connectivity index is 1.72. The number of ketones is 1. The Morgan fingerprint density at radius 2 is 1.93 bits per heavy atom. The molecule has 1 heterocycles. The molecule has 0 aliphatic carbocycles. The molecule has 2 aromatic carbocycles. The molecule has 0 bridgehead atoms. The summed E-state index contributed by atoms with van der Waals surface area (Å²) in [6.45, 7) is 1.46. The van der Waals surface area contributed by atoms with Crippen molar-refractivity contribution in [3.05, 3.63) is 64.1 Å². The molecular weight excluding hydrogens is 386 g/mol. The molecule has 1 aromatic heterocycles. The number of hydrogen-bond acceptors (Lipinski definition) is 6. The first-order valence-corrected chi connectivity index (χ1v) is 9.32. The van der Waals surface area contributed by atoms with E-state index in [0.717, 1.165) is 10.6 Å². The zero-order valence-electron chi connectivity index (χ0n) is 14.7. The van der Waals surface area contributed by atoms with Crippen LogP contribution in [-0.4, -0.2) is 23.8 Å². The number of aromatic nitrogens is 1. The van der Waals surface area contributed by atoms with Crippen LogP contribution < -0.4 is 9.47 Å². The Bertz CT molecular complexity index is 999. The van der Waals surface area contributed by atoms with Crippen molar-refractivity contribution in [2.45, 2.75) is 13.3 Å². The summed E-state index contributed by atoms with van der Waals surface area (Å²) in [4.78, 5) is 28.2. The summed E-state index contributed by atoms with van der Waals surface area (Å²) in [5, 5.41) is 3.15. The highest BCUT2D eigenvalue weighted by atomic mass is 35.5. The van der Waals surface area contributed by atoms with Crippen LogP contribution in [0.1, 0.15) is 23.0 Å². The second-order valence-electron chi connectivity index (χ2n) is 5.70. The molecule has 0 spiro atoms. The monoisotopic (exact) mass is 401 g/mol. The molecule has 138 valence electrons. The quantitative estimate of drug-likeness (QED) is 0.336. The number of methoxy groups -OCH3 is 1. The number of rotatable bonds is 6. The van der Waals surface area contributed by atoms with Gasteiger partial charge in [-0.15, -0.1) is 11.3 Å². The highest BCUT2D eigenvalue weighted by Crippen LogP contribution is 2.31. The summed E-state index contributed by atoms with van der Waals surface area (Å²) >= 11 is 7.60. The minimum Gasteiger partial charge on any atom is -0.493 e. The molecule has 7 heteroatoms. The molecular formula is C20H16ClNO4S. The van der Waals surface area contributed by atoms with Gasteiger partial charge in [0.25, 0.3) is 0 Å². The fourth-order valence-corrected chi connectivity index (χ4v) is 3.56. The van der Waals surface area contributed by atoms with Crippen LogP contribution in [0, 0.1) is 0 Å². The van der Waals surface area contributed by atoms with Crippen molar-refractivity contribution in [2.24, 2.45) is 0 Å².